The number of ether oxygens (including phenoxy) is 1. The standard InChI is InChI=1S/C7H11N3O4/c1-3-14-7(4(11)8-2)5(12)9-6(13)10-7/h3H2,1-2H3,(H,8,11)(H2,9,10,12,13). The number of hydrogen-bond acceptors (Lipinski definition) is 4. The molecule has 1 fully saturated rings. The fraction of sp³-hybridized carbons (Fsp3) is 0.571. The third-order valence-electron chi connectivity index (χ3n) is 1.74. The van der Waals surface area contributed by atoms with Crippen LogP contribution in [-0.2, 0) is 14.3 Å². The molecule has 1 saturated heterocycles. The Morgan fingerprint density at radius 3 is 2.57 bits per heavy atom. The van der Waals surface area contributed by atoms with Crippen molar-refractivity contribution in [3.63, 3.8) is 0 Å². The van der Waals surface area contributed by atoms with Gasteiger partial charge in [-0.05, 0) is 6.92 Å². The Morgan fingerprint density at radius 1 is 1.57 bits per heavy atom. The molecule has 1 rings (SSSR count). The maximum atomic E-state index is 11.4. The van der Waals surface area contributed by atoms with E-state index in [-0.39, 0.29) is 6.61 Å². The summed E-state index contributed by atoms with van der Waals surface area (Å²) in [5.41, 5.74) is -1.92. The second-order valence-electron chi connectivity index (χ2n) is 2.60. The molecule has 1 aliphatic rings. The summed E-state index contributed by atoms with van der Waals surface area (Å²) in [5.74, 6) is -1.51. The van der Waals surface area contributed by atoms with Crippen LogP contribution in [0.4, 0.5) is 4.79 Å². The number of rotatable bonds is 3. The van der Waals surface area contributed by atoms with Crippen molar-refractivity contribution in [1.29, 1.82) is 0 Å². The van der Waals surface area contributed by atoms with Crippen LogP contribution in [0.25, 0.3) is 0 Å². The van der Waals surface area contributed by atoms with Crippen LogP contribution in [0.1, 0.15) is 6.92 Å². The molecule has 3 N–H and O–H groups in total. The van der Waals surface area contributed by atoms with Crippen molar-refractivity contribution in [3.05, 3.63) is 0 Å². The molecule has 0 aromatic heterocycles. The highest BCUT2D eigenvalue weighted by molar-refractivity contribution is 6.18. The van der Waals surface area contributed by atoms with E-state index in [2.05, 4.69) is 10.6 Å². The van der Waals surface area contributed by atoms with Crippen LogP contribution in [0.5, 0.6) is 0 Å². The second-order valence-corrected chi connectivity index (χ2v) is 2.60. The molecule has 7 nitrogen and oxygen atoms in total. The minimum Gasteiger partial charge on any atom is -0.354 e. The van der Waals surface area contributed by atoms with Crippen LogP contribution in [0.3, 0.4) is 0 Å². The van der Waals surface area contributed by atoms with Crippen LogP contribution in [0.2, 0.25) is 0 Å². The Balaban J connectivity index is 2.98. The molecule has 0 radical (unpaired) electrons. The van der Waals surface area contributed by atoms with Gasteiger partial charge in [0.15, 0.2) is 0 Å². The Labute approximate surface area is 80.2 Å². The van der Waals surface area contributed by atoms with Gasteiger partial charge in [0.05, 0.1) is 0 Å². The van der Waals surface area contributed by atoms with Gasteiger partial charge in [0.1, 0.15) is 0 Å². The van der Waals surface area contributed by atoms with Crippen molar-refractivity contribution in [1.82, 2.24) is 16.0 Å². The molecule has 0 saturated carbocycles. The average molecular weight is 201 g/mol. The number of nitrogens with one attached hydrogen (secondary N) is 3. The van der Waals surface area contributed by atoms with E-state index in [1.807, 2.05) is 5.32 Å². The summed E-state index contributed by atoms with van der Waals surface area (Å²) in [6.45, 7) is 1.74. The summed E-state index contributed by atoms with van der Waals surface area (Å²) < 4.78 is 4.97. The van der Waals surface area contributed by atoms with Crippen molar-refractivity contribution < 1.29 is 19.1 Å². The molecule has 1 heterocycles. The molecular weight excluding hydrogens is 190 g/mol. The zero-order valence-electron chi connectivity index (χ0n) is 7.84. The van der Waals surface area contributed by atoms with E-state index in [0.29, 0.717) is 0 Å². The van der Waals surface area contributed by atoms with Gasteiger partial charge in [-0.15, -0.1) is 0 Å². The molecule has 7 heteroatoms. The lowest BCUT2D eigenvalue weighted by Gasteiger charge is -2.22. The molecular formula is C7H11N3O4. The molecule has 1 unspecified atom stereocenters. The fourth-order valence-electron chi connectivity index (χ4n) is 1.16. The smallest absolute Gasteiger partial charge is 0.324 e. The molecule has 0 spiro atoms. The molecule has 78 valence electrons. The fourth-order valence-corrected chi connectivity index (χ4v) is 1.16. The van der Waals surface area contributed by atoms with Gasteiger partial charge in [-0.3, -0.25) is 20.2 Å². The highest BCUT2D eigenvalue weighted by Gasteiger charge is 2.53. The number of likely N-dealkylation sites (N-methyl/N-ethyl adjacent to an activating group) is 1. The lowest BCUT2D eigenvalue weighted by atomic mass is 10.2. The Hall–Kier alpha value is -1.63. The zero-order valence-corrected chi connectivity index (χ0v) is 7.84. The molecule has 4 amide bonds. The third kappa shape index (κ3) is 1.41. The van der Waals surface area contributed by atoms with E-state index in [0.717, 1.165) is 0 Å². The molecule has 0 aromatic carbocycles. The molecule has 0 aliphatic carbocycles. The normalized spacial score (nSPS) is 25.6. The maximum Gasteiger partial charge on any atom is 0.324 e. The summed E-state index contributed by atoms with van der Waals surface area (Å²) in [7, 11) is 1.35. The number of imide groups is 1. The minimum atomic E-state index is -1.92. The minimum absolute atomic E-state index is 0.126. The van der Waals surface area contributed by atoms with Crippen LogP contribution in [0.15, 0.2) is 0 Å². The maximum absolute atomic E-state index is 11.4. The van der Waals surface area contributed by atoms with Crippen molar-refractivity contribution in [3.8, 4) is 0 Å². The van der Waals surface area contributed by atoms with Crippen LogP contribution >= 0.6 is 0 Å². The molecule has 14 heavy (non-hydrogen) atoms. The lowest BCUT2D eigenvalue weighted by Crippen LogP contribution is -2.60. The van der Waals surface area contributed by atoms with E-state index >= 15 is 0 Å². The predicted octanol–water partition coefficient (Wildman–Crippen LogP) is -1.70. The number of urea groups is 1. The number of carbonyl (C=O) groups is 3. The zero-order chi connectivity index (χ0) is 10.8. The van der Waals surface area contributed by atoms with E-state index in [1.165, 1.54) is 7.05 Å². The summed E-state index contributed by atoms with van der Waals surface area (Å²) in [6, 6.07) is -0.743. The Bertz CT molecular complexity index is 291. The van der Waals surface area contributed by atoms with Crippen LogP contribution < -0.4 is 16.0 Å². The van der Waals surface area contributed by atoms with Gasteiger partial charge in [-0.1, -0.05) is 0 Å². The SMILES string of the molecule is CCOC1(C(=O)NC)NC(=O)NC1=O. The first-order valence-electron chi connectivity index (χ1n) is 4.06. The monoisotopic (exact) mass is 201 g/mol. The summed E-state index contributed by atoms with van der Waals surface area (Å²) in [5, 5.41) is 6.31. The predicted molar refractivity (Wildman–Crippen MR) is 45.1 cm³/mol. The van der Waals surface area contributed by atoms with E-state index in [1.54, 1.807) is 6.92 Å². The number of hydrogen-bond donors (Lipinski definition) is 3. The van der Waals surface area contributed by atoms with Crippen molar-refractivity contribution in [2.75, 3.05) is 13.7 Å². The first kappa shape index (κ1) is 10.5. The highest BCUT2D eigenvalue weighted by Crippen LogP contribution is 2.12. The second kappa shape index (κ2) is 3.62. The van der Waals surface area contributed by atoms with Gasteiger partial charge in [0.2, 0.25) is 0 Å². The lowest BCUT2D eigenvalue weighted by molar-refractivity contribution is -0.159. The van der Waals surface area contributed by atoms with Gasteiger partial charge in [0, 0.05) is 13.7 Å². The van der Waals surface area contributed by atoms with Crippen molar-refractivity contribution >= 4 is 17.8 Å². The van der Waals surface area contributed by atoms with Crippen LogP contribution in [-0.4, -0.2) is 37.2 Å². The number of amides is 4. The van der Waals surface area contributed by atoms with Gasteiger partial charge in [0.25, 0.3) is 11.8 Å². The molecule has 1 aliphatic heterocycles. The summed E-state index contributed by atoms with van der Waals surface area (Å²) in [4.78, 5) is 33.5. The Kier molecular flexibility index (Phi) is 2.70. The largest absolute Gasteiger partial charge is 0.354 e. The van der Waals surface area contributed by atoms with Gasteiger partial charge in [-0.2, -0.15) is 0 Å². The van der Waals surface area contributed by atoms with Gasteiger partial charge >= 0.3 is 11.8 Å². The summed E-state index contributed by atoms with van der Waals surface area (Å²) in [6.07, 6.45) is 0. The van der Waals surface area contributed by atoms with Crippen molar-refractivity contribution in [2.24, 2.45) is 0 Å². The first-order chi connectivity index (χ1) is 6.56. The van der Waals surface area contributed by atoms with Crippen molar-refractivity contribution in [2.45, 2.75) is 12.6 Å². The van der Waals surface area contributed by atoms with E-state index in [4.69, 9.17) is 4.74 Å². The molecule has 0 aromatic rings. The van der Waals surface area contributed by atoms with Crippen LogP contribution in [0, 0.1) is 0 Å². The Morgan fingerprint density at radius 2 is 2.21 bits per heavy atom. The highest BCUT2D eigenvalue weighted by atomic mass is 16.5. The topological polar surface area (TPSA) is 96.5 Å². The van der Waals surface area contributed by atoms with Gasteiger partial charge in [-0.25, -0.2) is 4.79 Å². The summed E-state index contributed by atoms with van der Waals surface area (Å²) >= 11 is 0. The van der Waals surface area contributed by atoms with E-state index in [9.17, 15) is 14.4 Å². The third-order valence-corrected chi connectivity index (χ3v) is 1.74. The number of carbonyl (C=O) groups excluding carboxylic acids is 3. The van der Waals surface area contributed by atoms with E-state index < -0.39 is 23.6 Å². The average Bonchev–Trinajstić information content (AvgIpc) is 2.42. The van der Waals surface area contributed by atoms with Gasteiger partial charge < -0.3 is 10.1 Å². The molecule has 0 bridgehead atoms. The molecule has 1 atom stereocenters. The first-order valence-corrected chi connectivity index (χ1v) is 4.06. The quantitative estimate of drug-likeness (QED) is 0.374.